The third-order valence-electron chi connectivity index (χ3n) is 5.15. The lowest BCUT2D eigenvalue weighted by atomic mass is 9.99. The van der Waals surface area contributed by atoms with E-state index in [0.717, 1.165) is 19.5 Å². The molecule has 28 heavy (non-hydrogen) atoms. The van der Waals surface area contributed by atoms with Crippen molar-refractivity contribution in [3.05, 3.63) is 48.3 Å². The summed E-state index contributed by atoms with van der Waals surface area (Å²) < 4.78 is 1.80. The maximum atomic E-state index is 12.7. The van der Waals surface area contributed by atoms with E-state index in [1.165, 1.54) is 6.42 Å². The highest BCUT2D eigenvalue weighted by molar-refractivity contribution is 5.95. The number of carbonyl (C=O) groups is 2. The van der Waals surface area contributed by atoms with Gasteiger partial charge in [0, 0.05) is 49.8 Å². The topological polar surface area (TPSA) is 70.5 Å². The highest BCUT2D eigenvalue weighted by Gasteiger charge is 2.22. The molecule has 1 aliphatic heterocycles. The van der Waals surface area contributed by atoms with Crippen molar-refractivity contribution < 1.29 is 9.59 Å². The molecule has 2 heterocycles. The molecule has 0 radical (unpaired) electrons. The molecule has 1 unspecified atom stereocenters. The van der Waals surface area contributed by atoms with Gasteiger partial charge < -0.3 is 15.1 Å². The third-order valence-corrected chi connectivity index (χ3v) is 5.15. The zero-order valence-corrected chi connectivity index (χ0v) is 16.7. The maximum Gasteiger partial charge on any atom is 0.321 e. The van der Waals surface area contributed by atoms with Crippen LogP contribution in [-0.2, 0) is 6.54 Å². The van der Waals surface area contributed by atoms with Gasteiger partial charge in [0.05, 0.1) is 6.54 Å². The van der Waals surface area contributed by atoms with Gasteiger partial charge in [-0.1, -0.05) is 6.92 Å². The Morgan fingerprint density at radius 1 is 1.29 bits per heavy atom. The van der Waals surface area contributed by atoms with Gasteiger partial charge in [-0.3, -0.25) is 9.48 Å². The highest BCUT2D eigenvalue weighted by Crippen LogP contribution is 2.19. The van der Waals surface area contributed by atoms with Crippen LogP contribution in [0.25, 0.3) is 0 Å². The molecule has 3 amide bonds. The number of piperidine rings is 1. The fraction of sp³-hybridized carbons (Fsp3) is 0.476. The van der Waals surface area contributed by atoms with E-state index in [2.05, 4.69) is 17.3 Å². The average molecular weight is 383 g/mol. The number of benzene rings is 1. The molecule has 7 heteroatoms. The zero-order chi connectivity index (χ0) is 19.9. The van der Waals surface area contributed by atoms with Gasteiger partial charge in [-0.2, -0.15) is 5.10 Å². The van der Waals surface area contributed by atoms with Gasteiger partial charge in [0.1, 0.15) is 0 Å². The summed E-state index contributed by atoms with van der Waals surface area (Å²) in [5.74, 6) is 0.622. The number of carbonyl (C=O) groups excluding carboxylic acids is 2. The van der Waals surface area contributed by atoms with Crippen molar-refractivity contribution in [2.75, 3.05) is 31.5 Å². The summed E-state index contributed by atoms with van der Waals surface area (Å²) in [4.78, 5) is 28.8. The van der Waals surface area contributed by atoms with Crippen molar-refractivity contribution >= 4 is 17.6 Å². The second kappa shape index (κ2) is 9.39. The van der Waals surface area contributed by atoms with Crippen LogP contribution in [0.15, 0.2) is 42.7 Å². The van der Waals surface area contributed by atoms with Crippen LogP contribution in [0.1, 0.15) is 37.0 Å². The SMILES string of the molecule is CCN(CCn1cccn1)C(=O)Nc1ccc(C(=O)N2CCCC(C)C2)cc1. The number of likely N-dealkylation sites (N-methyl/N-ethyl adjacent to an activating group) is 1. The predicted octanol–water partition coefficient (Wildman–Crippen LogP) is 3.31. The minimum Gasteiger partial charge on any atom is -0.338 e. The molecule has 150 valence electrons. The first-order chi connectivity index (χ1) is 13.6. The van der Waals surface area contributed by atoms with Crippen LogP contribution in [0.4, 0.5) is 10.5 Å². The Morgan fingerprint density at radius 3 is 2.71 bits per heavy atom. The van der Waals surface area contributed by atoms with E-state index >= 15 is 0 Å². The lowest BCUT2D eigenvalue weighted by Crippen LogP contribution is -2.39. The Bertz CT molecular complexity index is 773. The van der Waals surface area contributed by atoms with Gasteiger partial charge >= 0.3 is 6.03 Å². The number of anilines is 1. The van der Waals surface area contributed by atoms with E-state index in [-0.39, 0.29) is 11.9 Å². The number of amides is 3. The van der Waals surface area contributed by atoms with Crippen molar-refractivity contribution in [1.82, 2.24) is 19.6 Å². The van der Waals surface area contributed by atoms with E-state index < -0.39 is 0 Å². The largest absolute Gasteiger partial charge is 0.338 e. The van der Waals surface area contributed by atoms with Crippen LogP contribution in [0.2, 0.25) is 0 Å². The summed E-state index contributed by atoms with van der Waals surface area (Å²) >= 11 is 0. The van der Waals surface area contributed by atoms with Crippen LogP contribution in [0, 0.1) is 5.92 Å². The van der Waals surface area contributed by atoms with Gasteiger partial charge in [0.2, 0.25) is 0 Å². The van der Waals surface area contributed by atoms with E-state index in [1.54, 1.807) is 40.0 Å². The van der Waals surface area contributed by atoms with Crippen LogP contribution in [-0.4, -0.2) is 57.7 Å². The van der Waals surface area contributed by atoms with Gasteiger partial charge in [-0.25, -0.2) is 4.79 Å². The quantitative estimate of drug-likeness (QED) is 0.832. The van der Waals surface area contributed by atoms with Crippen LogP contribution < -0.4 is 5.32 Å². The molecule has 0 saturated carbocycles. The van der Waals surface area contributed by atoms with Crippen molar-refractivity contribution in [2.24, 2.45) is 5.92 Å². The fourth-order valence-corrected chi connectivity index (χ4v) is 3.51. The molecule has 1 fully saturated rings. The van der Waals surface area contributed by atoms with Gasteiger partial charge in [0.15, 0.2) is 0 Å². The number of hydrogen-bond donors (Lipinski definition) is 1. The number of likely N-dealkylation sites (tertiary alicyclic amines) is 1. The molecule has 1 aromatic carbocycles. The van der Waals surface area contributed by atoms with Crippen molar-refractivity contribution in [2.45, 2.75) is 33.2 Å². The molecule has 2 aromatic rings. The molecule has 0 aliphatic carbocycles. The first kappa shape index (κ1) is 19.9. The molecular formula is C21H29N5O2. The minimum absolute atomic E-state index is 0.0684. The molecule has 1 N–H and O–H groups in total. The monoisotopic (exact) mass is 383 g/mol. The molecule has 1 saturated heterocycles. The summed E-state index contributed by atoms with van der Waals surface area (Å²) in [5.41, 5.74) is 1.35. The number of rotatable bonds is 6. The average Bonchev–Trinajstić information content (AvgIpc) is 3.22. The third kappa shape index (κ3) is 5.12. The van der Waals surface area contributed by atoms with Crippen LogP contribution in [0.5, 0.6) is 0 Å². The number of urea groups is 1. The van der Waals surface area contributed by atoms with E-state index in [1.807, 2.05) is 24.1 Å². The molecule has 1 atom stereocenters. The smallest absolute Gasteiger partial charge is 0.321 e. The number of nitrogens with one attached hydrogen (secondary N) is 1. The van der Waals surface area contributed by atoms with E-state index in [4.69, 9.17) is 0 Å². The second-order valence-electron chi connectivity index (χ2n) is 7.35. The highest BCUT2D eigenvalue weighted by atomic mass is 16.2. The summed E-state index contributed by atoms with van der Waals surface area (Å²) in [6, 6.07) is 8.87. The normalized spacial score (nSPS) is 16.6. The lowest BCUT2D eigenvalue weighted by Gasteiger charge is -2.31. The summed E-state index contributed by atoms with van der Waals surface area (Å²) in [6.07, 6.45) is 5.85. The lowest BCUT2D eigenvalue weighted by molar-refractivity contribution is 0.0683. The molecular weight excluding hydrogens is 354 g/mol. The van der Waals surface area contributed by atoms with Gasteiger partial charge in [-0.15, -0.1) is 0 Å². The minimum atomic E-state index is -0.154. The number of aromatic nitrogens is 2. The van der Waals surface area contributed by atoms with Gasteiger partial charge in [-0.05, 0) is 56.0 Å². The molecule has 3 rings (SSSR count). The summed E-state index contributed by atoms with van der Waals surface area (Å²) in [6.45, 7) is 7.61. The Kier molecular flexibility index (Phi) is 6.68. The number of nitrogens with zero attached hydrogens (tertiary/aromatic N) is 4. The molecule has 7 nitrogen and oxygen atoms in total. The van der Waals surface area contributed by atoms with Crippen molar-refractivity contribution in [3.63, 3.8) is 0 Å². The van der Waals surface area contributed by atoms with Crippen molar-refractivity contribution in [1.29, 1.82) is 0 Å². The summed E-state index contributed by atoms with van der Waals surface area (Å²) in [5, 5.41) is 7.07. The van der Waals surface area contributed by atoms with Crippen LogP contribution in [0.3, 0.4) is 0 Å². The van der Waals surface area contributed by atoms with Gasteiger partial charge in [0.25, 0.3) is 5.91 Å². The second-order valence-corrected chi connectivity index (χ2v) is 7.35. The fourth-order valence-electron chi connectivity index (χ4n) is 3.51. The molecule has 1 aliphatic rings. The molecule has 1 aromatic heterocycles. The van der Waals surface area contributed by atoms with E-state index in [9.17, 15) is 9.59 Å². The zero-order valence-electron chi connectivity index (χ0n) is 16.7. The number of hydrogen-bond acceptors (Lipinski definition) is 3. The predicted molar refractivity (Wildman–Crippen MR) is 109 cm³/mol. The Morgan fingerprint density at radius 2 is 2.07 bits per heavy atom. The molecule has 0 bridgehead atoms. The van der Waals surface area contributed by atoms with E-state index in [0.29, 0.717) is 36.8 Å². The first-order valence-electron chi connectivity index (χ1n) is 9.99. The Hall–Kier alpha value is -2.83. The standard InChI is InChI=1S/C21H29N5O2/c1-3-24(14-15-26-13-5-11-22-26)21(28)23-19-9-7-18(8-10-19)20(27)25-12-4-6-17(2)16-25/h5,7-11,13,17H,3-4,6,12,14-16H2,1-2H3,(H,23,28). The first-order valence-corrected chi connectivity index (χ1v) is 9.99. The van der Waals surface area contributed by atoms with Crippen molar-refractivity contribution in [3.8, 4) is 0 Å². The molecule has 0 spiro atoms. The maximum absolute atomic E-state index is 12.7. The summed E-state index contributed by atoms with van der Waals surface area (Å²) in [7, 11) is 0. The Balaban J connectivity index is 1.55. The van der Waals surface area contributed by atoms with Crippen LogP contribution >= 0.6 is 0 Å². The Labute approximate surface area is 166 Å².